The van der Waals surface area contributed by atoms with Gasteiger partial charge in [-0.25, -0.2) is 9.78 Å². The minimum Gasteiger partial charge on any atom is -0.478 e. The first-order valence-corrected chi connectivity index (χ1v) is 8.45. The average molecular weight is 428 g/mol. The number of rotatable bonds is 4. The van der Waals surface area contributed by atoms with Crippen molar-refractivity contribution in [3.8, 4) is 22.9 Å². The molecule has 144 valence electrons. The van der Waals surface area contributed by atoms with Gasteiger partial charge >= 0.3 is 12.1 Å². The molecule has 4 nitrogen and oxygen atoms in total. The predicted molar refractivity (Wildman–Crippen MR) is 98.2 cm³/mol. The first-order valence-electron chi connectivity index (χ1n) is 7.69. The van der Waals surface area contributed by atoms with Crippen LogP contribution in [0.2, 0.25) is 10.0 Å². The number of benzene rings is 2. The Morgan fingerprint density at radius 3 is 2.43 bits per heavy atom. The van der Waals surface area contributed by atoms with Crippen molar-refractivity contribution in [2.45, 2.75) is 6.18 Å². The van der Waals surface area contributed by atoms with E-state index in [1.54, 1.807) is 0 Å². The van der Waals surface area contributed by atoms with E-state index in [1.807, 2.05) is 0 Å². The Morgan fingerprint density at radius 1 is 1.04 bits per heavy atom. The van der Waals surface area contributed by atoms with Gasteiger partial charge in [-0.2, -0.15) is 13.2 Å². The van der Waals surface area contributed by atoms with Gasteiger partial charge in [0.05, 0.1) is 21.8 Å². The van der Waals surface area contributed by atoms with E-state index in [2.05, 4.69) is 4.98 Å². The van der Waals surface area contributed by atoms with E-state index < -0.39 is 17.7 Å². The Labute approximate surface area is 167 Å². The number of hydrogen-bond acceptors (Lipinski definition) is 3. The maximum absolute atomic E-state index is 13.3. The Balaban J connectivity index is 2.09. The lowest BCUT2D eigenvalue weighted by atomic mass is 10.1. The highest BCUT2D eigenvalue weighted by atomic mass is 35.5. The van der Waals surface area contributed by atoms with Gasteiger partial charge in [-0.3, -0.25) is 0 Å². The molecule has 0 fully saturated rings. The normalized spacial score (nSPS) is 11.3. The van der Waals surface area contributed by atoms with Crippen molar-refractivity contribution in [1.29, 1.82) is 0 Å². The summed E-state index contributed by atoms with van der Waals surface area (Å²) in [6, 6.07) is 11.2. The van der Waals surface area contributed by atoms with Crippen LogP contribution in [-0.4, -0.2) is 16.1 Å². The molecule has 0 saturated carbocycles. The number of aromatic nitrogens is 1. The highest BCUT2D eigenvalue weighted by molar-refractivity contribution is 6.35. The van der Waals surface area contributed by atoms with Crippen molar-refractivity contribution in [3.05, 3.63) is 75.8 Å². The number of halogens is 5. The lowest BCUT2D eigenvalue weighted by molar-refractivity contribution is -0.137. The molecule has 1 N–H and O–H groups in total. The fourth-order valence-electron chi connectivity index (χ4n) is 2.35. The molecule has 0 aliphatic rings. The van der Waals surface area contributed by atoms with E-state index in [9.17, 15) is 18.0 Å². The van der Waals surface area contributed by atoms with Crippen LogP contribution < -0.4 is 4.74 Å². The summed E-state index contributed by atoms with van der Waals surface area (Å²) in [5.41, 5.74) is -0.991. The number of carboxylic acids is 1. The number of nitrogens with zero attached hydrogens (tertiary/aromatic N) is 1. The van der Waals surface area contributed by atoms with E-state index in [-0.39, 0.29) is 33.5 Å². The Kier molecular flexibility index (Phi) is 5.49. The summed E-state index contributed by atoms with van der Waals surface area (Å²) in [7, 11) is 0. The van der Waals surface area contributed by atoms with Crippen LogP contribution in [0.1, 0.15) is 15.9 Å². The maximum Gasteiger partial charge on any atom is 0.416 e. The zero-order chi connectivity index (χ0) is 20.5. The molecule has 1 aromatic heterocycles. The molecule has 28 heavy (non-hydrogen) atoms. The SMILES string of the molecule is O=C(O)c1cccc(-c2cc(C(F)(F)F)cc(Oc3ccc(Cl)cc3Cl)n2)c1. The Morgan fingerprint density at radius 2 is 1.79 bits per heavy atom. The first kappa shape index (κ1) is 20.0. The number of pyridine rings is 1. The van der Waals surface area contributed by atoms with E-state index in [0.29, 0.717) is 5.02 Å². The lowest BCUT2D eigenvalue weighted by Gasteiger charge is -2.13. The minimum absolute atomic E-state index is 0.0723. The van der Waals surface area contributed by atoms with Gasteiger partial charge in [-0.1, -0.05) is 35.3 Å². The monoisotopic (exact) mass is 427 g/mol. The number of carboxylic acid groups (broad SMARTS) is 1. The van der Waals surface area contributed by atoms with Gasteiger partial charge in [0.25, 0.3) is 0 Å². The van der Waals surface area contributed by atoms with Gasteiger partial charge in [0.1, 0.15) is 5.75 Å². The van der Waals surface area contributed by atoms with Gasteiger partial charge < -0.3 is 9.84 Å². The van der Waals surface area contributed by atoms with Crippen LogP contribution in [0.5, 0.6) is 11.6 Å². The molecule has 0 bridgehead atoms. The van der Waals surface area contributed by atoms with E-state index in [4.69, 9.17) is 33.0 Å². The van der Waals surface area contributed by atoms with Crippen molar-refractivity contribution in [1.82, 2.24) is 4.98 Å². The fourth-order valence-corrected chi connectivity index (χ4v) is 2.80. The number of ether oxygens (including phenoxy) is 1. The van der Waals surface area contributed by atoms with Crippen molar-refractivity contribution in [2.24, 2.45) is 0 Å². The Hall–Kier alpha value is -2.77. The van der Waals surface area contributed by atoms with Gasteiger partial charge in [-0.05, 0) is 36.4 Å². The van der Waals surface area contributed by atoms with Crippen molar-refractivity contribution in [2.75, 3.05) is 0 Å². The van der Waals surface area contributed by atoms with Gasteiger partial charge in [-0.15, -0.1) is 0 Å². The lowest BCUT2D eigenvalue weighted by Crippen LogP contribution is -2.07. The molecule has 3 rings (SSSR count). The van der Waals surface area contributed by atoms with E-state index >= 15 is 0 Å². The summed E-state index contributed by atoms with van der Waals surface area (Å²) in [5.74, 6) is -1.49. The highest BCUT2D eigenvalue weighted by Gasteiger charge is 2.32. The third kappa shape index (κ3) is 4.55. The molecule has 0 aliphatic heterocycles. The first-order chi connectivity index (χ1) is 13.1. The molecule has 3 aromatic rings. The number of carbonyl (C=O) groups is 1. The standard InChI is InChI=1S/C19H10Cl2F3NO3/c20-13-4-5-16(14(21)9-13)28-17-8-12(19(22,23)24)7-15(25-17)10-2-1-3-11(6-10)18(26)27/h1-9H,(H,26,27). The third-order valence-electron chi connectivity index (χ3n) is 3.64. The number of alkyl halides is 3. The zero-order valence-electron chi connectivity index (χ0n) is 13.8. The second-order valence-corrected chi connectivity index (χ2v) is 6.48. The smallest absolute Gasteiger partial charge is 0.416 e. The summed E-state index contributed by atoms with van der Waals surface area (Å²) >= 11 is 11.8. The van der Waals surface area contributed by atoms with Crippen LogP contribution in [0, 0.1) is 0 Å². The van der Waals surface area contributed by atoms with E-state index in [1.165, 1.54) is 42.5 Å². The molecule has 0 radical (unpaired) electrons. The molecule has 0 amide bonds. The Bertz CT molecular complexity index is 1050. The van der Waals surface area contributed by atoms with Crippen molar-refractivity contribution in [3.63, 3.8) is 0 Å². The van der Waals surface area contributed by atoms with Crippen molar-refractivity contribution >= 4 is 29.2 Å². The number of aromatic carboxylic acids is 1. The largest absolute Gasteiger partial charge is 0.478 e. The predicted octanol–water partition coefficient (Wildman–Crippen LogP) is 6.56. The van der Waals surface area contributed by atoms with Crippen LogP contribution in [-0.2, 0) is 6.18 Å². The van der Waals surface area contributed by atoms with Crippen LogP contribution in [0.4, 0.5) is 13.2 Å². The fraction of sp³-hybridized carbons (Fsp3) is 0.0526. The summed E-state index contributed by atoms with van der Waals surface area (Å²) < 4.78 is 45.4. The van der Waals surface area contributed by atoms with Gasteiger partial charge in [0.2, 0.25) is 5.88 Å². The molecule has 9 heteroatoms. The van der Waals surface area contributed by atoms with Crippen LogP contribution in [0.15, 0.2) is 54.6 Å². The van der Waals surface area contributed by atoms with Crippen LogP contribution >= 0.6 is 23.2 Å². The van der Waals surface area contributed by atoms with Crippen LogP contribution in [0.3, 0.4) is 0 Å². The molecule has 0 spiro atoms. The summed E-state index contributed by atoms with van der Waals surface area (Å²) in [6.07, 6.45) is -4.66. The maximum atomic E-state index is 13.3. The molecular weight excluding hydrogens is 418 g/mol. The second kappa shape index (κ2) is 7.69. The van der Waals surface area contributed by atoms with Gasteiger partial charge in [0.15, 0.2) is 0 Å². The highest BCUT2D eigenvalue weighted by Crippen LogP contribution is 2.37. The molecule has 1 heterocycles. The second-order valence-electron chi connectivity index (χ2n) is 5.64. The third-order valence-corrected chi connectivity index (χ3v) is 4.17. The summed E-state index contributed by atoms with van der Waals surface area (Å²) in [6.45, 7) is 0. The molecule has 2 aromatic carbocycles. The van der Waals surface area contributed by atoms with Crippen LogP contribution in [0.25, 0.3) is 11.3 Å². The molecular formula is C19H10Cl2F3NO3. The zero-order valence-corrected chi connectivity index (χ0v) is 15.3. The summed E-state index contributed by atoms with van der Waals surface area (Å²) in [4.78, 5) is 15.2. The van der Waals surface area contributed by atoms with Gasteiger partial charge in [0, 0.05) is 16.7 Å². The van der Waals surface area contributed by atoms with Crippen molar-refractivity contribution < 1.29 is 27.8 Å². The minimum atomic E-state index is -4.66. The quantitative estimate of drug-likeness (QED) is 0.511. The molecule has 0 saturated heterocycles. The average Bonchev–Trinajstić information content (AvgIpc) is 2.63. The molecule has 0 aliphatic carbocycles. The number of hydrogen-bond donors (Lipinski definition) is 1. The topological polar surface area (TPSA) is 59.4 Å². The summed E-state index contributed by atoms with van der Waals surface area (Å²) in [5, 5.41) is 9.52. The van der Waals surface area contributed by atoms with E-state index in [0.717, 1.165) is 12.1 Å². The molecule has 0 atom stereocenters. The molecule has 0 unspecified atom stereocenters.